The van der Waals surface area contributed by atoms with Crippen LogP contribution in [-0.4, -0.2) is 60.5 Å². The summed E-state index contributed by atoms with van der Waals surface area (Å²) in [7, 11) is 0. The van der Waals surface area contributed by atoms with Gasteiger partial charge in [-0.15, -0.1) is 0 Å². The molecule has 2 N–H and O–H groups in total. The Balaban J connectivity index is 1.49. The van der Waals surface area contributed by atoms with Gasteiger partial charge in [-0.3, -0.25) is 4.98 Å². The van der Waals surface area contributed by atoms with Gasteiger partial charge in [0.2, 0.25) is 0 Å². The summed E-state index contributed by atoms with van der Waals surface area (Å²) in [6.45, 7) is 4.20. The van der Waals surface area contributed by atoms with Gasteiger partial charge in [-0.25, -0.2) is 9.97 Å². The first kappa shape index (κ1) is 17.2. The van der Waals surface area contributed by atoms with Crippen molar-refractivity contribution in [2.24, 2.45) is 0 Å². The van der Waals surface area contributed by atoms with Crippen molar-refractivity contribution in [3.05, 3.63) is 36.7 Å². The van der Waals surface area contributed by atoms with E-state index in [1.165, 1.54) is 0 Å². The predicted octanol–water partition coefficient (Wildman–Crippen LogP) is 1.86. The molecule has 144 valence electrons. The van der Waals surface area contributed by atoms with E-state index in [-0.39, 0.29) is 6.10 Å². The molecule has 28 heavy (non-hydrogen) atoms. The van der Waals surface area contributed by atoms with Gasteiger partial charge >= 0.3 is 0 Å². The zero-order valence-electron chi connectivity index (χ0n) is 15.4. The van der Waals surface area contributed by atoms with Crippen LogP contribution in [0.25, 0.3) is 22.3 Å². The normalized spacial score (nSPS) is 18.8. The van der Waals surface area contributed by atoms with Crippen molar-refractivity contribution in [1.82, 2.24) is 20.3 Å². The molecule has 0 radical (unpaired) electrons. The number of nitrogens with zero attached hydrogens (tertiary/aromatic N) is 3. The van der Waals surface area contributed by atoms with E-state index in [1.807, 2.05) is 24.3 Å². The molecule has 3 aromatic rings. The van der Waals surface area contributed by atoms with Gasteiger partial charge in [0.1, 0.15) is 18.7 Å². The largest absolute Gasteiger partial charge is 0.486 e. The zero-order valence-corrected chi connectivity index (χ0v) is 15.4. The van der Waals surface area contributed by atoms with Crippen molar-refractivity contribution >= 4 is 16.9 Å². The molecule has 5 rings (SSSR count). The smallest absolute Gasteiger partial charge is 0.162 e. The predicted molar refractivity (Wildman–Crippen MR) is 105 cm³/mol. The van der Waals surface area contributed by atoms with E-state index >= 15 is 0 Å². The van der Waals surface area contributed by atoms with Crippen LogP contribution in [0.5, 0.6) is 11.5 Å². The molecule has 8 nitrogen and oxygen atoms in total. The average molecular weight is 379 g/mol. The van der Waals surface area contributed by atoms with Crippen LogP contribution < -0.4 is 20.1 Å². The molecule has 0 saturated carbocycles. The quantitative estimate of drug-likeness (QED) is 0.710. The monoisotopic (exact) mass is 379 g/mol. The Hall–Kier alpha value is -2.97. The Labute approximate surface area is 162 Å². The van der Waals surface area contributed by atoms with Gasteiger partial charge in [0.25, 0.3) is 0 Å². The van der Waals surface area contributed by atoms with Crippen molar-refractivity contribution in [2.75, 3.05) is 44.8 Å². The Bertz CT molecular complexity index is 991. The number of rotatable bonds is 4. The summed E-state index contributed by atoms with van der Waals surface area (Å²) in [4.78, 5) is 13.7. The number of morpholine rings is 1. The van der Waals surface area contributed by atoms with Gasteiger partial charge in [0.05, 0.1) is 23.9 Å². The average Bonchev–Trinajstić information content (AvgIpc) is 2.77. The second-order valence-corrected chi connectivity index (χ2v) is 6.72. The molecule has 0 unspecified atom stereocenters. The van der Waals surface area contributed by atoms with Gasteiger partial charge in [-0.1, -0.05) is 0 Å². The van der Waals surface area contributed by atoms with Crippen molar-refractivity contribution < 1.29 is 14.2 Å². The number of nitrogens with one attached hydrogen (secondary N) is 2. The lowest BCUT2D eigenvalue weighted by atomic mass is 10.1. The van der Waals surface area contributed by atoms with Gasteiger partial charge in [-0.05, 0) is 24.3 Å². The van der Waals surface area contributed by atoms with Crippen LogP contribution in [0.4, 0.5) is 5.82 Å². The highest BCUT2D eigenvalue weighted by atomic mass is 16.6. The minimum atomic E-state index is 0.0974. The lowest BCUT2D eigenvalue weighted by Gasteiger charge is -2.24. The highest BCUT2D eigenvalue weighted by molar-refractivity contribution is 5.88. The van der Waals surface area contributed by atoms with Crippen LogP contribution in [0.3, 0.4) is 0 Å². The highest BCUT2D eigenvalue weighted by Gasteiger charge is 2.17. The first-order chi connectivity index (χ1) is 13.9. The van der Waals surface area contributed by atoms with E-state index < -0.39 is 0 Å². The van der Waals surface area contributed by atoms with Crippen LogP contribution >= 0.6 is 0 Å². The summed E-state index contributed by atoms with van der Waals surface area (Å²) in [5, 5.41) is 6.73. The Morgan fingerprint density at radius 1 is 1.04 bits per heavy atom. The molecule has 1 fully saturated rings. The van der Waals surface area contributed by atoms with Crippen LogP contribution in [-0.2, 0) is 4.74 Å². The van der Waals surface area contributed by atoms with E-state index in [9.17, 15) is 0 Å². The number of fused-ring (bicyclic) bond motifs is 2. The Kier molecular flexibility index (Phi) is 4.64. The van der Waals surface area contributed by atoms with E-state index in [0.717, 1.165) is 53.5 Å². The minimum absolute atomic E-state index is 0.0974. The standard InChI is InChI=1S/C20H21N5O3/c1-2-17-18(28-8-7-27-17)9-13(1)15-10-16-19(23-4-3-22-16)20(25-15)24-12-14-11-21-5-6-26-14/h1-4,9-10,14,21H,5-8,11-12H2,(H,24,25)/t14-/m0/s1. The summed E-state index contributed by atoms with van der Waals surface area (Å²) in [6.07, 6.45) is 3.46. The van der Waals surface area contributed by atoms with Gasteiger partial charge in [0, 0.05) is 37.6 Å². The fourth-order valence-corrected chi connectivity index (χ4v) is 3.41. The summed E-state index contributed by atoms with van der Waals surface area (Å²) >= 11 is 0. The highest BCUT2D eigenvalue weighted by Crippen LogP contribution is 2.35. The molecule has 1 saturated heterocycles. The summed E-state index contributed by atoms with van der Waals surface area (Å²) in [5.74, 6) is 2.20. The number of anilines is 1. The molecule has 8 heteroatoms. The molecule has 0 spiro atoms. The zero-order chi connectivity index (χ0) is 18.8. The van der Waals surface area contributed by atoms with Gasteiger partial charge < -0.3 is 24.8 Å². The number of benzene rings is 1. The van der Waals surface area contributed by atoms with Crippen LogP contribution in [0.2, 0.25) is 0 Å². The van der Waals surface area contributed by atoms with Crippen LogP contribution in [0.15, 0.2) is 36.7 Å². The molecule has 4 heterocycles. The number of pyridine rings is 1. The fourth-order valence-electron chi connectivity index (χ4n) is 3.41. The van der Waals surface area contributed by atoms with E-state index in [1.54, 1.807) is 12.4 Å². The van der Waals surface area contributed by atoms with Gasteiger partial charge in [-0.2, -0.15) is 0 Å². The first-order valence-corrected chi connectivity index (χ1v) is 9.45. The molecule has 0 amide bonds. The van der Waals surface area contributed by atoms with Crippen molar-refractivity contribution in [2.45, 2.75) is 6.10 Å². The van der Waals surface area contributed by atoms with Crippen molar-refractivity contribution in [3.8, 4) is 22.8 Å². The van der Waals surface area contributed by atoms with Crippen LogP contribution in [0, 0.1) is 0 Å². The van der Waals surface area contributed by atoms with Gasteiger partial charge in [0.15, 0.2) is 17.3 Å². The topological polar surface area (TPSA) is 90.4 Å². The molecule has 2 aromatic heterocycles. The van der Waals surface area contributed by atoms with Crippen LogP contribution in [0.1, 0.15) is 0 Å². The van der Waals surface area contributed by atoms with E-state index in [0.29, 0.717) is 25.6 Å². The van der Waals surface area contributed by atoms with E-state index in [2.05, 4.69) is 20.6 Å². The lowest BCUT2D eigenvalue weighted by molar-refractivity contribution is 0.0372. The summed E-state index contributed by atoms with van der Waals surface area (Å²) in [5.41, 5.74) is 3.27. The third-order valence-corrected chi connectivity index (χ3v) is 4.80. The lowest BCUT2D eigenvalue weighted by Crippen LogP contribution is -2.42. The fraction of sp³-hybridized carbons (Fsp3) is 0.350. The Morgan fingerprint density at radius 3 is 2.82 bits per heavy atom. The third kappa shape index (κ3) is 3.44. The SMILES string of the molecule is c1cnc2c(NC[C@@H]3CNCCO3)nc(-c3ccc4c(c3)OCCO4)cc2n1. The number of hydrogen-bond donors (Lipinski definition) is 2. The Morgan fingerprint density at radius 2 is 1.93 bits per heavy atom. The maximum atomic E-state index is 5.77. The molecule has 2 aliphatic heterocycles. The summed E-state index contributed by atoms with van der Waals surface area (Å²) < 4.78 is 17.1. The molecule has 1 aromatic carbocycles. The molecular formula is C20H21N5O3. The maximum absolute atomic E-state index is 5.77. The second-order valence-electron chi connectivity index (χ2n) is 6.72. The molecular weight excluding hydrogens is 358 g/mol. The maximum Gasteiger partial charge on any atom is 0.162 e. The third-order valence-electron chi connectivity index (χ3n) is 4.80. The number of aromatic nitrogens is 3. The molecule has 2 aliphatic rings. The summed E-state index contributed by atoms with van der Waals surface area (Å²) in [6, 6.07) is 7.80. The molecule has 0 bridgehead atoms. The van der Waals surface area contributed by atoms with Crippen molar-refractivity contribution in [3.63, 3.8) is 0 Å². The minimum Gasteiger partial charge on any atom is -0.486 e. The van der Waals surface area contributed by atoms with E-state index in [4.69, 9.17) is 19.2 Å². The second kappa shape index (κ2) is 7.57. The van der Waals surface area contributed by atoms with Crippen molar-refractivity contribution in [1.29, 1.82) is 0 Å². The first-order valence-electron chi connectivity index (χ1n) is 9.45. The number of hydrogen-bond acceptors (Lipinski definition) is 8. The molecule has 1 atom stereocenters. The number of ether oxygens (including phenoxy) is 3. The molecule has 0 aliphatic carbocycles.